The van der Waals surface area contributed by atoms with E-state index >= 15 is 0 Å². The lowest BCUT2D eigenvalue weighted by atomic mass is 9.74. The van der Waals surface area contributed by atoms with Crippen LogP contribution in [0.1, 0.15) is 19.8 Å². The number of nitrogens with one attached hydrogen (secondary N) is 1. The lowest BCUT2D eigenvalue weighted by Crippen LogP contribution is -2.61. The third-order valence-electron chi connectivity index (χ3n) is 3.13. The lowest BCUT2D eigenvalue weighted by Gasteiger charge is -2.52. The van der Waals surface area contributed by atoms with Gasteiger partial charge >= 0.3 is 0 Å². The molecule has 0 bridgehead atoms. The van der Waals surface area contributed by atoms with Crippen molar-refractivity contribution in [2.45, 2.75) is 19.8 Å². The van der Waals surface area contributed by atoms with E-state index in [0.29, 0.717) is 5.41 Å². The maximum absolute atomic E-state index is 3.50. The van der Waals surface area contributed by atoms with Crippen LogP contribution in [-0.2, 0) is 0 Å². The van der Waals surface area contributed by atoms with Gasteiger partial charge in [0.25, 0.3) is 0 Å². The summed E-state index contributed by atoms with van der Waals surface area (Å²) in [6.07, 6.45) is 2.84. The highest BCUT2D eigenvalue weighted by Gasteiger charge is 2.42. The second kappa shape index (κ2) is 2.76. The van der Waals surface area contributed by atoms with Crippen molar-refractivity contribution in [2.75, 3.05) is 32.7 Å². The molecule has 0 aromatic rings. The van der Waals surface area contributed by atoms with E-state index in [1.807, 2.05) is 0 Å². The largest absolute Gasteiger partial charge is 0.316 e. The van der Waals surface area contributed by atoms with Gasteiger partial charge in [0, 0.05) is 25.0 Å². The second-order valence-corrected chi connectivity index (χ2v) is 4.08. The standard InChI is InChI=1S/C9H18N2/c1-2-11-7-9(8-11)4-3-5-10-6-9/h10H,2-8H2,1H3. The van der Waals surface area contributed by atoms with Crippen molar-refractivity contribution in [3.63, 3.8) is 0 Å². The Bertz CT molecular complexity index is 130. The summed E-state index contributed by atoms with van der Waals surface area (Å²) < 4.78 is 0. The van der Waals surface area contributed by atoms with E-state index in [9.17, 15) is 0 Å². The highest BCUT2D eigenvalue weighted by atomic mass is 15.2. The zero-order chi connectivity index (χ0) is 7.73. The first-order valence-electron chi connectivity index (χ1n) is 4.78. The van der Waals surface area contributed by atoms with E-state index in [1.165, 1.54) is 45.6 Å². The highest BCUT2D eigenvalue weighted by molar-refractivity contribution is 4.97. The minimum atomic E-state index is 0.689. The zero-order valence-electron chi connectivity index (χ0n) is 7.40. The van der Waals surface area contributed by atoms with Gasteiger partial charge in [0.05, 0.1) is 0 Å². The van der Waals surface area contributed by atoms with Crippen LogP contribution in [0.2, 0.25) is 0 Å². The first-order chi connectivity index (χ1) is 5.35. The topological polar surface area (TPSA) is 15.3 Å². The quantitative estimate of drug-likeness (QED) is 0.598. The molecule has 2 heterocycles. The Morgan fingerprint density at radius 2 is 2.27 bits per heavy atom. The number of piperidine rings is 1. The van der Waals surface area contributed by atoms with Crippen molar-refractivity contribution in [1.82, 2.24) is 10.2 Å². The number of nitrogens with zero attached hydrogens (tertiary/aromatic N) is 1. The van der Waals surface area contributed by atoms with E-state index in [1.54, 1.807) is 0 Å². The highest BCUT2D eigenvalue weighted by Crippen LogP contribution is 2.35. The molecule has 0 atom stereocenters. The normalized spacial score (nSPS) is 30.3. The molecule has 2 heteroatoms. The monoisotopic (exact) mass is 154 g/mol. The predicted octanol–water partition coefficient (Wildman–Crippen LogP) is 0.692. The van der Waals surface area contributed by atoms with Gasteiger partial charge in [0.1, 0.15) is 0 Å². The third-order valence-corrected chi connectivity index (χ3v) is 3.13. The molecule has 1 spiro atoms. The molecule has 0 aromatic carbocycles. The van der Waals surface area contributed by atoms with Gasteiger partial charge in [0.15, 0.2) is 0 Å². The molecule has 2 fully saturated rings. The van der Waals surface area contributed by atoms with Crippen molar-refractivity contribution in [3.8, 4) is 0 Å². The molecule has 0 aromatic heterocycles. The summed E-state index contributed by atoms with van der Waals surface area (Å²) in [5.41, 5.74) is 0.689. The molecule has 64 valence electrons. The van der Waals surface area contributed by atoms with Crippen LogP contribution < -0.4 is 5.32 Å². The van der Waals surface area contributed by atoms with Crippen LogP contribution in [0.3, 0.4) is 0 Å². The van der Waals surface area contributed by atoms with Gasteiger partial charge in [-0.3, -0.25) is 0 Å². The zero-order valence-corrected chi connectivity index (χ0v) is 7.40. The van der Waals surface area contributed by atoms with Crippen molar-refractivity contribution in [3.05, 3.63) is 0 Å². The number of hydrogen-bond donors (Lipinski definition) is 1. The van der Waals surface area contributed by atoms with E-state index in [4.69, 9.17) is 0 Å². The maximum atomic E-state index is 3.50. The van der Waals surface area contributed by atoms with E-state index in [2.05, 4.69) is 17.1 Å². The van der Waals surface area contributed by atoms with Crippen molar-refractivity contribution in [2.24, 2.45) is 5.41 Å². The lowest BCUT2D eigenvalue weighted by molar-refractivity contribution is -0.0134. The summed E-state index contributed by atoms with van der Waals surface area (Å²) in [6, 6.07) is 0. The number of hydrogen-bond acceptors (Lipinski definition) is 2. The van der Waals surface area contributed by atoms with Crippen molar-refractivity contribution in [1.29, 1.82) is 0 Å². The van der Waals surface area contributed by atoms with Crippen LogP contribution in [0.5, 0.6) is 0 Å². The van der Waals surface area contributed by atoms with E-state index < -0.39 is 0 Å². The third kappa shape index (κ3) is 1.30. The molecule has 0 saturated carbocycles. The van der Waals surface area contributed by atoms with Crippen LogP contribution in [-0.4, -0.2) is 37.6 Å². The summed E-state index contributed by atoms with van der Waals surface area (Å²) in [5, 5.41) is 3.50. The van der Waals surface area contributed by atoms with Gasteiger partial charge in [0.2, 0.25) is 0 Å². The number of rotatable bonds is 1. The van der Waals surface area contributed by atoms with Crippen molar-refractivity contribution < 1.29 is 0 Å². The van der Waals surface area contributed by atoms with Crippen LogP contribution in [0, 0.1) is 5.41 Å². The first-order valence-corrected chi connectivity index (χ1v) is 4.78. The summed E-state index contributed by atoms with van der Waals surface area (Å²) in [7, 11) is 0. The molecule has 0 radical (unpaired) electrons. The molecule has 2 aliphatic rings. The Hall–Kier alpha value is -0.0800. The molecule has 2 saturated heterocycles. The fraction of sp³-hybridized carbons (Fsp3) is 1.00. The predicted molar refractivity (Wildman–Crippen MR) is 46.7 cm³/mol. The van der Waals surface area contributed by atoms with Crippen LogP contribution in [0.15, 0.2) is 0 Å². The van der Waals surface area contributed by atoms with Gasteiger partial charge < -0.3 is 10.2 Å². The minimum absolute atomic E-state index is 0.689. The Labute approximate surface area is 69.0 Å². The van der Waals surface area contributed by atoms with Gasteiger partial charge in [-0.25, -0.2) is 0 Å². The van der Waals surface area contributed by atoms with Crippen LogP contribution in [0.4, 0.5) is 0 Å². The molecular weight excluding hydrogens is 136 g/mol. The van der Waals surface area contributed by atoms with Crippen LogP contribution >= 0.6 is 0 Å². The average Bonchev–Trinajstić information content (AvgIpc) is 2.01. The van der Waals surface area contributed by atoms with E-state index in [0.717, 1.165) is 0 Å². The van der Waals surface area contributed by atoms with Crippen molar-refractivity contribution >= 4 is 0 Å². The smallest absolute Gasteiger partial charge is 0.00827 e. The van der Waals surface area contributed by atoms with Gasteiger partial charge in [-0.1, -0.05) is 6.92 Å². The molecule has 0 amide bonds. The Balaban J connectivity index is 1.84. The minimum Gasteiger partial charge on any atom is -0.316 e. The molecule has 0 aliphatic carbocycles. The molecule has 2 aliphatic heterocycles. The fourth-order valence-electron chi connectivity index (χ4n) is 2.43. The number of likely N-dealkylation sites (tertiary alicyclic amines) is 1. The molecule has 0 unspecified atom stereocenters. The summed E-state index contributed by atoms with van der Waals surface area (Å²) in [5.74, 6) is 0. The van der Waals surface area contributed by atoms with E-state index in [-0.39, 0.29) is 0 Å². The summed E-state index contributed by atoms with van der Waals surface area (Å²) >= 11 is 0. The first kappa shape index (κ1) is 7.56. The SMILES string of the molecule is CCN1CC2(CCCNC2)C1. The molecule has 2 nitrogen and oxygen atoms in total. The fourth-order valence-corrected chi connectivity index (χ4v) is 2.43. The Morgan fingerprint density at radius 1 is 1.45 bits per heavy atom. The maximum Gasteiger partial charge on any atom is 0.00827 e. The Morgan fingerprint density at radius 3 is 2.82 bits per heavy atom. The van der Waals surface area contributed by atoms with Gasteiger partial charge in [-0.05, 0) is 25.9 Å². The molecule has 11 heavy (non-hydrogen) atoms. The average molecular weight is 154 g/mol. The summed E-state index contributed by atoms with van der Waals surface area (Å²) in [6.45, 7) is 8.69. The van der Waals surface area contributed by atoms with Gasteiger partial charge in [-0.2, -0.15) is 0 Å². The van der Waals surface area contributed by atoms with Crippen LogP contribution in [0.25, 0.3) is 0 Å². The van der Waals surface area contributed by atoms with Gasteiger partial charge in [-0.15, -0.1) is 0 Å². The Kier molecular flexibility index (Phi) is 1.90. The second-order valence-electron chi connectivity index (χ2n) is 4.08. The molecule has 2 rings (SSSR count). The summed E-state index contributed by atoms with van der Waals surface area (Å²) in [4.78, 5) is 2.53. The molecular formula is C9H18N2. The molecule has 1 N–H and O–H groups in total.